The van der Waals surface area contributed by atoms with Crippen LogP contribution in [0, 0.1) is 5.92 Å². The molecule has 0 bridgehead atoms. The molecule has 0 aliphatic heterocycles. The molecule has 27 heavy (non-hydrogen) atoms. The molecule has 0 heterocycles. The number of hydrogen-bond donors (Lipinski definition) is 2. The lowest BCUT2D eigenvalue weighted by molar-refractivity contribution is -0.139. The van der Waals surface area contributed by atoms with Crippen LogP contribution in [0.3, 0.4) is 0 Å². The van der Waals surface area contributed by atoms with Gasteiger partial charge in [0.2, 0.25) is 5.91 Å². The predicted molar refractivity (Wildman–Crippen MR) is 93.4 cm³/mol. The maximum atomic E-state index is 12.8. The highest BCUT2D eigenvalue weighted by Crippen LogP contribution is 2.48. The van der Waals surface area contributed by atoms with Crippen LogP contribution < -0.4 is 5.32 Å². The minimum Gasteiger partial charge on any atom is -0.481 e. The number of carbonyl (C=O) groups excluding carboxylic acids is 1. The summed E-state index contributed by atoms with van der Waals surface area (Å²) in [4.78, 5) is 23.3. The number of carboxylic acid groups (broad SMARTS) is 1. The van der Waals surface area contributed by atoms with E-state index in [0.29, 0.717) is 23.2 Å². The van der Waals surface area contributed by atoms with Gasteiger partial charge in [0.15, 0.2) is 0 Å². The van der Waals surface area contributed by atoms with Crippen molar-refractivity contribution < 1.29 is 27.9 Å². The fraction of sp³-hybridized carbons (Fsp3) is 0.300. The van der Waals surface area contributed by atoms with E-state index in [-0.39, 0.29) is 17.7 Å². The van der Waals surface area contributed by atoms with Crippen LogP contribution in [0.1, 0.15) is 41.9 Å². The molecule has 3 rings (SSSR count). The van der Waals surface area contributed by atoms with Gasteiger partial charge in [-0.05, 0) is 48.6 Å². The third-order valence-electron chi connectivity index (χ3n) is 4.82. The minimum atomic E-state index is -4.41. The lowest BCUT2D eigenvalue weighted by atomic mass is 10.0. The van der Waals surface area contributed by atoms with Crippen LogP contribution in [0.15, 0.2) is 48.5 Å². The fourth-order valence-electron chi connectivity index (χ4n) is 3.03. The summed E-state index contributed by atoms with van der Waals surface area (Å²) < 4.78 is 38.5. The van der Waals surface area contributed by atoms with E-state index in [1.807, 2.05) is 0 Å². The molecule has 0 saturated heterocycles. The zero-order valence-corrected chi connectivity index (χ0v) is 14.5. The van der Waals surface area contributed by atoms with Gasteiger partial charge in [-0.25, -0.2) is 0 Å². The highest BCUT2D eigenvalue weighted by molar-refractivity contribution is 5.95. The first kappa shape index (κ1) is 18.9. The number of alkyl halides is 3. The van der Waals surface area contributed by atoms with Crippen LogP contribution >= 0.6 is 0 Å². The second-order valence-corrected chi connectivity index (χ2v) is 6.74. The second kappa shape index (κ2) is 7.06. The van der Waals surface area contributed by atoms with Crippen LogP contribution in [-0.4, -0.2) is 17.0 Å². The summed E-state index contributed by atoms with van der Waals surface area (Å²) >= 11 is 0. The van der Waals surface area contributed by atoms with Crippen molar-refractivity contribution in [2.75, 3.05) is 5.32 Å². The summed E-state index contributed by atoms with van der Waals surface area (Å²) in [5.41, 5.74) is 0.939. The molecule has 0 spiro atoms. The molecule has 4 nitrogen and oxygen atoms in total. The largest absolute Gasteiger partial charge is 0.481 e. The summed E-state index contributed by atoms with van der Waals surface area (Å²) in [6.45, 7) is 1.57. The molecule has 2 aromatic carbocycles. The minimum absolute atomic E-state index is 0.224. The van der Waals surface area contributed by atoms with E-state index in [1.54, 1.807) is 37.3 Å². The molecule has 2 aromatic rings. The number of benzene rings is 2. The van der Waals surface area contributed by atoms with Gasteiger partial charge < -0.3 is 10.4 Å². The summed E-state index contributed by atoms with van der Waals surface area (Å²) in [6.07, 6.45) is -3.90. The lowest BCUT2D eigenvalue weighted by Crippen LogP contribution is -2.15. The topological polar surface area (TPSA) is 66.4 Å². The summed E-state index contributed by atoms with van der Waals surface area (Å²) in [5.74, 6) is -2.43. The monoisotopic (exact) mass is 377 g/mol. The highest BCUT2D eigenvalue weighted by Gasteiger charge is 2.44. The van der Waals surface area contributed by atoms with Gasteiger partial charge in [0, 0.05) is 11.6 Å². The Kier molecular flexibility index (Phi) is 4.95. The van der Waals surface area contributed by atoms with Crippen molar-refractivity contribution in [3.8, 4) is 0 Å². The number of halogens is 3. The zero-order chi connectivity index (χ0) is 19.8. The van der Waals surface area contributed by atoms with Gasteiger partial charge in [0.25, 0.3) is 0 Å². The first-order chi connectivity index (χ1) is 12.7. The molecular formula is C20H18F3NO3. The average molecular weight is 377 g/mol. The molecule has 0 radical (unpaired) electrons. The Balaban J connectivity index is 1.63. The van der Waals surface area contributed by atoms with Crippen LogP contribution in [-0.2, 0) is 15.8 Å². The first-order valence-electron chi connectivity index (χ1n) is 8.47. The summed E-state index contributed by atoms with van der Waals surface area (Å²) in [5, 5.41) is 11.7. The molecule has 1 amide bonds. The molecule has 1 aliphatic rings. The molecule has 3 unspecified atom stereocenters. The van der Waals surface area contributed by atoms with Gasteiger partial charge in [0.1, 0.15) is 0 Å². The number of hydrogen-bond acceptors (Lipinski definition) is 2. The van der Waals surface area contributed by atoms with E-state index in [2.05, 4.69) is 5.32 Å². The van der Waals surface area contributed by atoms with Gasteiger partial charge in [-0.3, -0.25) is 9.59 Å². The average Bonchev–Trinajstić information content (AvgIpc) is 3.42. The molecular weight excluding hydrogens is 359 g/mol. The van der Waals surface area contributed by atoms with Crippen molar-refractivity contribution in [2.24, 2.45) is 5.92 Å². The third-order valence-corrected chi connectivity index (χ3v) is 4.82. The van der Waals surface area contributed by atoms with E-state index < -0.39 is 23.6 Å². The van der Waals surface area contributed by atoms with Crippen LogP contribution in [0.25, 0.3) is 0 Å². The fourth-order valence-corrected chi connectivity index (χ4v) is 3.03. The molecule has 3 atom stereocenters. The van der Waals surface area contributed by atoms with E-state index >= 15 is 0 Å². The van der Waals surface area contributed by atoms with Crippen LogP contribution in [0.4, 0.5) is 18.9 Å². The number of carbonyl (C=O) groups is 2. The lowest BCUT2D eigenvalue weighted by Gasteiger charge is -2.10. The number of nitrogens with one attached hydrogen (secondary N) is 1. The number of anilines is 1. The number of amides is 1. The second-order valence-electron chi connectivity index (χ2n) is 6.74. The maximum Gasteiger partial charge on any atom is 0.416 e. The van der Waals surface area contributed by atoms with Crippen molar-refractivity contribution in [1.82, 2.24) is 0 Å². The Morgan fingerprint density at radius 3 is 2.41 bits per heavy atom. The van der Waals surface area contributed by atoms with Crippen molar-refractivity contribution in [1.29, 1.82) is 0 Å². The van der Waals surface area contributed by atoms with E-state index in [0.717, 1.165) is 12.1 Å². The van der Waals surface area contributed by atoms with Gasteiger partial charge in [0.05, 0.1) is 11.5 Å². The van der Waals surface area contributed by atoms with Gasteiger partial charge in [-0.15, -0.1) is 0 Å². The molecule has 1 aliphatic carbocycles. The Hall–Kier alpha value is -2.83. The van der Waals surface area contributed by atoms with E-state index in [9.17, 15) is 22.8 Å². The van der Waals surface area contributed by atoms with Crippen molar-refractivity contribution in [2.45, 2.75) is 31.4 Å². The quantitative estimate of drug-likeness (QED) is 0.798. The summed E-state index contributed by atoms with van der Waals surface area (Å²) in [6, 6.07) is 11.6. The Morgan fingerprint density at radius 2 is 1.81 bits per heavy atom. The predicted octanol–water partition coefficient (Wildman–Crippen LogP) is 4.64. The number of aliphatic carboxylic acids is 1. The highest BCUT2D eigenvalue weighted by atomic mass is 19.4. The number of rotatable bonds is 5. The van der Waals surface area contributed by atoms with Gasteiger partial charge >= 0.3 is 12.1 Å². The normalized spacial score (nSPS) is 20.0. The Morgan fingerprint density at radius 1 is 1.15 bits per heavy atom. The number of carboxylic acids is 1. The van der Waals surface area contributed by atoms with Crippen LogP contribution in [0.5, 0.6) is 0 Å². The molecule has 1 fully saturated rings. The standard InChI is InChI=1S/C20H18F3NO3/c1-11(19(26)27)12-5-7-15(8-6-12)24-18(25)17-10-16(17)13-3-2-4-14(9-13)20(21,22)23/h2-9,11,16-17H,10H2,1H3,(H,24,25)(H,26,27). The molecule has 7 heteroatoms. The first-order valence-corrected chi connectivity index (χ1v) is 8.47. The van der Waals surface area contributed by atoms with Gasteiger partial charge in [-0.2, -0.15) is 13.2 Å². The van der Waals surface area contributed by atoms with E-state index in [1.165, 1.54) is 6.07 Å². The van der Waals surface area contributed by atoms with Crippen molar-refractivity contribution in [3.63, 3.8) is 0 Å². The van der Waals surface area contributed by atoms with Crippen molar-refractivity contribution in [3.05, 3.63) is 65.2 Å². The van der Waals surface area contributed by atoms with E-state index in [4.69, 9.17) is 5.11 Å². The zero-order valence-electron chi connectivity index (χ0n) is 14.5. The van der Waals surface area contributed by atoms with Crippen LogP contribution in [0.2, 0.25) is 0 Å². The molecule has 1 saturated carbocycles. The maximum absolute atomic E-state index is 12.8. The molecule has 2 N–H and O–H groups in total. The Bertz CT molecular complexity index is 862. The SMILES string of the molecule is CC(C(=O)O)c1ccc(NC(=O)C2CC2c2cccc(C(F)(F)F)c2)cc1. The molecule has 0 aromatic heterocycles. The van der Waals surface area contributed by atoms with Gasteiger partial charge in [-0.1, -0.05) is 30.3 Å². The Labute approximate surface area is 154 Å². The third kappa shape index (κ3) is 4.30. The summed E-state index contributed by atoms with van der Waals surface area (Å²) in [7, 11) is 0. The van der Waals surface area contributed by atoms with Crippen molar-refractivity contribution >= 4 is 17.6 Å². The smallest absolute Gasteiger partial charge is 0.416 e. The molecule has 142 valence electrons.